The van der Waals surface area contributed by atoms with Crippen LogP contribution in [0, 0.1) is 29.5 Å². The summed E-state index contributed by atoms with van der Waals surface area (Å²) in [6.45, 7) is 0. The van der Waals surface area contributed by atoms with Crippen LogP contribution in [0.4, 0.5) is 10.1 Å². The highest BCUT2D eigenvalue weighted by atomic mass is 19.1. The van der Waals surface area contributed by atoms with Crippen LogP contribution in [0.15, 0.2) is 18.2 Å². The molecule has 5 atom stereocenters. The summed E-state index contributed by atoms with van der Waals surface area (Å²) < 4.78 is 18.6. The van der Waals surface area contributed by atoms with E-state index in [2.05, 4.69) is 5.32 Å². The third-order valence-electron chi connectivity index (χ3n) is 5.93. The van der Waals surface area contributed by atoms with Crippen molar-refractivity contribution in [1.82, 2.24) is 0 Å². The van der Waals surface area contributed by atoms with E-state index < -0.39 is 0 Å². The Labute approximate surface area is 119 Å². The Morgan fingerprint density at radius 1 is 1.15 bits per heavy atom. The van der Waals surface area contributed by atoms with Gasteiger partial charge in [-0.05, 0) is 61.5 Å². The van der Waals surface area contributed by atoms with Crippen molar-refractivity contribution in [2.45, 2.75) is 38.1 Å². The van der Waals surface area contributed by atoms with Crippen LogP contribution in [-0.4, -0.2) is 13.2 Å². The lowest BCUT2D eigenvalue weighted by Crippen LogP contribution is -2.34. The minimum absolute atomic E-state index is 0.240. The Bertz CT molecular complexity index is 518. The first kappa shape index (κ1) is 12.5. The van der Waals surface area contributed by atoms with Gasteiger partial charge in [0.2, 0.25) is 0 Å². The molecule has 0 heterocycles. The van der Waals surface area contributed by atoms with E-state index in [4.69, 9.17) is 4.74 Å². The summed E-state index contributed by atoms with van der Waals surface area (Å²) in [6.07, 6.45) is 6.99. The van der Waals surface area contributed by atoms with Crippen LogP contribution < -0.4 is 10.1 Å². The largest absolute Gasteiger partial charge is 0.494 e. The number of methoxy groups -OCH3 is 1. The molecule has 0 aromatic heterocycles. The normalized spacial score (nSPS) is 38.0. The van der Waals surface area contributed by atoms with Crippen LogP contribution in [0.1, 0.15) is 32.1 Å². The maximum atomic E-state index is 13.3. The molecule has 0 spiro atoms. The second-order valence-corrected chi connectivity index (χ2v) is 6.75. The molecule has 108 valence electrons. The van der Waals surface area contributed by atoms with Crippen molar-refractivity contribution >= 4 is 5.69 Å². The molecule has 3 saturated carbocycles. The van der Waals surface area contributed by atoms with Crippen molar-refractivity contribution in [1.29, 1.82) is 0 Å². The molecule has 3 aliphatic carbocycles. The highest BCUT2D eigenvalue weighted by Crippen LogP contribution is 2.59. The standard InChI is InChI=1S/C17H22FNO/c1-20-17-9-11(18)5-6-15(17)19-16-8-10-7-14(16)13-4-2-3-12(10)13/h5-6,9-10,12-14,16,19H,2-4,7-8H2,1H3. The smallest absolute Gasteiger partial charge is 0.144 e. The van der Waals surface area contributed by atoms with Gasteiger partial charge in [0, 0.05) is 12.1 Å². The van der Waals surface area contributed by atoms with Crippen molar-refractivity contribution in [2.24, 2.45) is 23.7 Å². The van der Waals surface area contributed by atoms with E-state index >= 15 is 0 Å². The van der Waals surface area contributed by atoms with Crippen LogP contribution in [-0.2, 0) is 0 Å². The van der Waals surface area contributed by atoms with E-state index in [-0.39, 0.29) is 5.82 Å². The van der Waals surface area contributed by atoms with Crippen molar-refractivity contribution in [3.63, 3.8) is 0 Å². The topological polar surface area (TPSA) is 21.3 Å². The molecule has 0 amide bonds. The fraction of sp³-hybridized carbons (Fsp3) is 0.647. The summed E-state index contributed by atoms with van der Waals surface area (Å²) in [4.78, 5) is 0. The van der Waals surface area contributed by atoms with Crippen molar-refractivity contribution < 1.29 is 9.13 Å². The van der Waals surface area contributed by atoms with Crippen LogP contribution in [0.2, 0.25) is 0 Å². The molecule has 0 aliphatic heterocycles. The molecule has 1 aromatic carbocycles. The maximum Gasteiger partial charge on any atom is 0.144 e. The molecule has 4 rings (SSSR count). The first-order chi connectivity index (χ1) is 9.76. The predicted octanol–water partition coefficient (Wildman–Crippen LogP) is 4.07. The van der Waals surface area contributed by atoms with Crippen LogP contribution in [0.3, 0.4) is 0 Å². The average molecular weight is 275 g/mol. The van der Waals surface area contributed by atoms with Gasteiger partial charge in [0.25, 0.3) is 0 Å². The molecule has 1 aromatic rings. The van der Waals surface area contributed by atoms with E-state index in [9.17, 15) is 4.39 Å². The van der Waals surface area contributed by atoms with Gasteiger partial charge in [0.05, 0.1) is 12.8 Å². The number of hydrogen-bond acceptors (Lipinski definition) is 2. The summed E-state index contributed by atoms with van der Waals surface area (Å²) in [6, 6.07) is 5.34. The van der Waals surface area contributed by atoms with Crippen molar-refractivity contribution in [3.05, 3.63) is 24.0 Å². The molecule has 2 nitrogen and oxygen atoms in total. The van der Waals surface area contributed by atoms with Gasteiger partial charge < -0.3 is 10.1 Å². The van der Waals surface area contributed by atoms with Gasteiger partial charge in [0.1, 0.15) is 11.6 Å². The van der Waals surface area contributed by atoms with Crippen molar-refractivity contribution in [3.8, 4) is 5.75 Å². The maximum absolute atomic E-state index is 13.3. The average Bonchev–Trinajstić information content (AvgIpc) is 3.12. The van der Waals surface area contributed by atoms with E-state index in [0.717, 1.165) is 29.4 Å². The Kier molecular flexibility index (Phi) is 2.90. The number of benzene rings is 1. The predicted molar refractivity (Wildman–Crippen MR) is 77.4 cm³/mol. The van der Waals surface area contributed by atoms with Gasteiger partial charge in [-0.1, -0.05) is 6.42 Å². The van der Waals surface area contributed by atoms with E-state index in [0.29, 0.717) is 11.8 Å². The SMILES string of the molecule is COc1cc(F)ccc1NC1CC2CC1C1CCCC21. The fourth-order valence-electron chi connectivity index (χ4n) is 5.22. The van der Waals surface area contributed by atoms with Crippen LogP contribution in [0.5, 0.6) is 5.75 Å². The zero-order chi connectivity index (χ0) is 13.7. The molecule has 3 aliphatic rings. The number of halogens is 1. The van der Waals surface area contributed by atoms with E-state index in [1.807, 2.05) is 6.07 Å². The highest BCUT2D eigenvalue weighted by molar-refractivity contribution is 5.57. The lowest BCUT2D eigenvalue weighted by Gasteiger charge is -2.33. The Hall–Kier alpha value is -1.25. The monoisotopic (exact) mass is 275 g/mol. The van der Waals surface area contributed by atoms with Crippen LogP contribution in [0.25, 0.3) is 0 Å². The number of hydrogen-bond donors (Lipinski definition) is 1. The number of anilines is 1. The molecule has 1 N–H and O–H groups in total. The molecular formula is C17H22FNO. The second kappa shape index (κ2) is 4.64. The number of ether oxygens (including phenoxy) is 1. The van der Waals surface area contributed by atoms with Gasteiger partial charge in [-0.15, -0.1) is 0 Å². The third kappa shape index (κ3) is 1.82. The zero-order valence-electron chi connectivity index (χ0n) is 11.9. The Balaban J connectivity index is 1.53. The lowest BCUT2D eigenvalue weighted by atomic mass is 9.79. The molecular weight excluding hydrogens is 253 g/mol. The lowest BCUT2D eigenvalue weighted by molar-refractivity contribution is 0.243. The minimum atomic E-state index is -0.240. The first-order valence-electron chi connectivity index (χ1n) is 7.86. The number of rotatable bonds is 3. The summed E-state index contributed by atoms with van der Waals surface area (Å²) in [5, 5.41) is 3.64. The molecule has 3 fully saturated rings. The minimum Gasteiger partial charge on any atom is -0.494 e. The third-order valence-corrected chi connectivity index (χ3v) is 5.93. The van der Waals surface area contributed by atoms with Gasteiger partial charge in [-0.2, -0.15) is 0 Å². The molecule has 0 radical (unpaired) electrons. The second-order valence-electron chi connectivity index (χ2n) is 6.75. The number of fused-ring (bicyclic) bond motifs is 5. The van der Waals surface area contributed by atoms with Crippen molar-refractivity contribution in [2.75, 3.05) is 12.4 Å². The van der Waals surface area contributed by atoms with Gasteiger partial charge in [0.15, 0.2) is 0 Å². The summed E-state index contributed by atoms with van der Waals surface area (Å²) >= 11 is 0. The summed E-state index contributed by atoms with van der Waals surface area (Å²) in [5.74, 6) is 4.08. The molecule has 5 unspecified atom stereocenters. The molecule has 0 saturated heterocycles. The summed E-state index contributed by atoms with van der Waals surface area (Å²) in [5.41, 5.74) is 0.945. The first-order valence-corrected chi connectivity index (χ1v) is 7.86. The summed E-state index contributed by atoms with van der Waals surface area (Å²) in [7, 11) is 1.60. The van der Waals surface area contributed by atoms with Gasteiger partial charge in [-0.25, -0.2) is 4.39 Å². The van der Waals surface area contributed by atoms with Crippen LogP contribution >= 0.6 is 0 Å². The Morgan fingerprint density at radius 2 is 2.00 bits per heavy atom. The van der Waals surface area contributed by atoms with Gasteiger partial charge >= 0.3 is 0 Å². The zero-order valence-corrected chi connectivity index (χ0v) is 11.9. The Morgan fingerprint density at radius 3 is 2.85 bits per heavy atom. The van der Waals surface area contributed by atoms with Gasteiger partial charge in [-0.3, -0.25) is 0 Å². The van der Waals surface area contributed by atoms with E-state index in [1.165, 1.54) is 44.2 Å². The molecule has 2 bridgehead atoms. The highest BCUT2D eigenvalue weighted by Gasteiger charge is 2.53. The molecule has 3 heteroatoms. The number of nitrogens with one attached hydrogen (secondary N) is 1. The van der Waals surface area contributed by atoms with E-state index in [1.54, 1.807) is 7.11 Å². The molecule has 20 heavy (non-hydrogen) atoms. The fourth-order valence-corrected chi connectivity index (χ4v) is 5.22. The quantitative estimate of drug-likeness (QED) is 0.897.